The molecule has 1 spiro atoms. The number of amides is 1. The Morgan fingerprint density at radius 1 is 1.42 bits per heavy atom. The van der Waals surface area contributed by atoms with Crippen LogP contribution in [0.1, 0.15) is 25.7 Å². The Morgan fingerprint density at radius 2 is 2.29 bits per heavy atom. The van der Waals surface area contributed by atoms with Crippen molar-refractivity contribution in [2.45, 2.75) is 37.4 Å². The number of aromatic nitrogens is 2. The van der Waals surface area contributed by atoms with Crippen LogP contribution in [0, 0.1) is 0 Å². The van der Waals surface area contributed by atoms with Crippen LogP contribution in [-0.4, -0.2) is 59.5 Å². The van der Waals surface area contributed by atoms with E-state index in [1.54, 1.807) is 18.5 Å². The van der Waals surface area contributed by atoms with Crippen LogP contribution in [0.3, 0.4) is 0 Å². The van der Waals surface area contributed by atoms with Crippen LogP contribution >= 0.6 is 0 Å². The van der Waals surface area contributed by atoms with Gasteiger partial charge in [-0.1, -0.05) is 5.16 Å². The smallest absolute Gasteiger partial charge is 0.269 e. The van der Waals surface area contributed by atoms with Gasteiger partial charge < -0.3 is 19.8 Å². The first kappa shape index (κ1) is 15.3. The van der Waals surface area contributed by atoms with Gasteiger partial charge in [-0.15, -0.1) is 0 Å². The van der Waals surface area contributed by atoms with E-state index in [1.165, 1.54) is 0 Å². The number of rotatable bonds is 4. The summed E-state index contributed by atoms with van der Waals surface area (Å²) < 4.78 is 5.52. The summed E-state index contributed by atoms with van der Waals surface area (Å²) >= 11 is 0. The molecule has 8 heteroatoms. The lowest BCUT2D eigenvalue weighted by molar-refractivity contribution is -0.115. The molecule has 4 heterocycles. The van der Waals surface area contributed by atoms with Crippen LogP contribution in [0.15, 0.2) is 23.6 Å². The van der Waals surface area contributed by atoms with E-state index in [2.05, 4.69) is 25.3 Å². The summed E-state index contributed by atoms with van der Waals surface area (Å²) in [5.41, 5.74) is 0.0271. The standard InChI is InChI=1S/C16H21N5O3/c22-14(19-10-12-3-1-8-23-12)13-9-16(24-20-13)4-7-21(11-16)15-17-5-2-6-18-15/h2,5-6,12H,1,3-4,7-11H2,(H,19,22)/t12-,16-/m1/s1. The van der Waals surface area contributed by atoms with E-state index in [9.17, 15) is 4.79 Å². The van der Waals surface area contributed by atoms with Crippen molar-refractivity contribution in [1.29, 1.82) is 0 Å². The maximum atomic E-state index is 12.3. The summed E-state index contributed by atoms with van der Waals surface area (Å²) in [6, 6.07) is 1.79. The molecule has 0 radical (unpaired) electrons. The third kappa shape index (κ3) is 3.06. The second-order valence-electron chi connectivity index (χ2n) is 6.55. The Hall–Kier alpha value is -2.22. The second kappa shape index (κ2) is 6.35. The van der Waals surface area contributed by atoms with Crippen molar-refractivity contribution in [3.8, 4) is 0 Å². The van der Waals surface area contributed by atoms with Crippen LogP contribution < -0.4 is 10.2 Å². The molecule has 2 saturated heterocycles. The number of hydrogen-bond acceptors (Lipinski definition) is 7. The minimum Gasteiger partial charge on any atom is -0.386 e. The summed E-state index contributed by atoms with van der Waals surface area (Å²) in [6.45, 7) is 2.76. The molecule has 0 saturated carbocycles. The molecule has 2 atom stereocenters. The van der Waals surface area contributed by atoms with Gasteiger partial charge in [-0.05, 0) is 18.9 Å². The van der Waals surface area contributed by atoms with E-state index in [4.69, 9.17) is 9.57 Å². The van der Waals surface area contributed by atoms with Gasteiger partial charge in [0.25, 0.3) is 5.91 Å². The van der Waals surface area contributed by atoms with E-state index in [1.807, 2.05) is 0 Å². The average molecular weight is 331 g/mol. The van der Waals surface area contributed by atoms with Gasteiger partial charge in [0, 0.05) is 44.9 Å². The Labute approximate surface area is 140 Å². The van der Waals surface area contributed by atoms with Crippen molar-refractivity contribution in [3.05, 3.63) is 18.5 Å². The normalized spacial score (nSPS) is 28.9. The molecule has 2 fully saturated rings. The Kier molecular flexibility index (Phi) is 4.05. The molecule has 0 bridgehead atoms. The molecule has 0 unspecified atom stereocenters. The molecule has 1 amide bonds. The van der Waals surface area contributed by atoms with Gasteiger partial charge in [-0.3, -0.25) is 4.79 Å². The summed E-state index contributed by atoms with van der Waals surface area (Å²) in [4.78, 5) is 28.6. The maximum Gasteiger partial charge on any atom is 0.269 e. The minimum atomic E-state index is -0.435. The topological polar surface area (TPSA) is 88.9 Å². The van der Waals surface area contributed by atoms with Gasteiger partial charge in [0.15, 0.2) is 5.60 Å². The molecule has 0 aromatic carbocycles. The number of anilines is 1. The van der Waals surface area contributed by atoms with Crippen LogP contribution in [0.2, 0.25) is 0 Å². The van der Waals surface area contributed by atoms with Gasteiger partial charge in [-0.25, -0.2) is 9.97 Å². The summed E-state index contributed by atoms with van der Waals surface area (Å²) in [6.07, 6.45) is 6.96. The first-order valence-electron chi connectivity index (χ1n) is 8.41. The highest BCUT2D eigenvalue weighted by atomic mass is 16.7. The zero-order chi connectivity index (χ0) is 16.4. The van der Waals surface area contributed by atoms with Crippen molar-refractivity contribution < 1.29 is 14.4 Å². The largest absolute Gasteiger partial charge is 0.386 e. The van der Waals surface area contributed by atoms with Crippen LogP contribution in [0.25, 0.3) is 0 Å². The highest BCUT2D eigenvalue weighted by molar-refractivity contribution is 6.39. The SMILES string of the molecule is O=C(NC[C@H]1CCCO1)C1=NO[C@]2(CCN(c3ncccn3)C2)C1. The van der Waals surface area contributed by atoms with Gasteiger partial charge in [0.2, 0.25) is 5.95 Å². The highest BCUT2D eigenvalue weighted by Crippen LogP contribution is 2.35. The summed E-state index contributed by atoms with van der Waals surface area (Å²) in [7, 11) is 0. The van der Waals surface area contributed by atoms with Crippen molar-refractivity contribution in [2.24, 2.45) is 5.16 Å². The van der Waals surface area contributed by atoms with E-state index >= 15 is 0 Å². The molecule has 4 rings (SSSR count). The monoisotopic (exact) mass is 331 g/mol. The Bertz CT molecular complexity index is 632. The van der Waals surface area contributed by atoms with Crippen LogP contribution in [-0.2, 0) is 14.4 Å². The summed E-state index contributed by atoms with van der Waals surface area (Å²) in [5, 5.41) is 6.94. The first-order valence-corrected chi connectivity index (χ1v) is 8.41. The number of carbonyl (C=O) groups excluding carboxylic acids is 1. The molecule has 1 aromatic heterocycles. The number of nitrogens with one attached hydrogen (secondary N) is 1. The molecule has 24 heavy (non-hydrogen) atoms. The van der Waals surface area contributed by atoms with Crippen LogP contribution in [0.5, 0.6) is 0 Å². The molecule has 0 aliphatic carbocycles. The highest BCUT2D eigenvalue weighted by Gasteiger charge is 2.47. The fourth-order valence-corrected chi connectivity index (χ4v) is 3.45. The van der Waals surface area contributed by atoms with E-state index < -0.39 is 5.60 Å². The zero-order valence-electron chi connectivity index (χ0n) is 13.5. The zero-order valence-corrected chi connectivity index (χ0v) is 13.5. The predicted molar refractivity (Wildman–Crippen MR) is 86.7 cm³/mol. The second-order valence-corrected chi connectivity index (χ2v) is 6.55. The van der Waals surface area contributed by atoms with Crippen molar-refractivity contribution in [3.63, 3.8) is 0 Å². The lowest BCUT2D eigenvalue weighted by Gasteiger charge is -2.21. The fraction of sp³-hybridized carbons (Fsp3) is 0.625. The number of hydrogen-bond donors (Lipinski definition) is 1. The van der Waals surface area contributed by atoms with E-state index in [0.717, 1.165) is 32.4 Å². The van der Waals surface area contributed by atoms with Crippen LogP contribution in [0.4, 0.5) is 5.95 Å². The molecular weight excluding hydrogens is 310 g/mol. The number of carbonyl (C=O) groups is 1. The molecular formula is C16H21N5O3. The van der Waals surface area contributed by atoms with Crippen molar-refractivity contribution >= 4 is 17.6 Å². The summed E-state index contributed by atoms with van der Waals surface area (Å²) in [5.74, 6) is 0.533. The predicted octanol–water partition coefficient (Wildman–Crippen LogP) is 0.497. The third-order valence-electron chi connectivity index (χ3n) is 4.77. The van der Waals surface area contributed by atoms with Crippen molar-refractivity contribution in [1.82, 2.24) is 15.3 Å². The average Bonchev–Trinajstić information content (AvgIpc) is 3.36. The molecule has 3 aliphatic rings. The lowest BCUT2D eigenvalue weighted by atomic mass is 9.96. The molecule has 1 aromatic rings. The van der Waals surface area contributed by atoms with Crippen molar-refractivity contribution in [2.75, 3.05) is 31.1 Å². The van der Waals surface area contributed by atoms with Gasteiger partial charge in [0.1, 0.15) is 5.71 Å². The van der Waals surface area contributed by atoms with E-state index in [0.29, 0.717) is 31.2 Å². The number of nitrogens with zero attached hydrogens (tertiary/aromatic N) is 4. The minimum absolute atomic E-state index is 0.128. The lowest BCUT2D eigenvalue weighted by Crippen LogP contribution is -2.39. The Morgan fingerprint density at radius 3 is 3.08 bits per heavy atom. The van der Waals surface area contributed by atoms with Gasteiger partial charge in [0.05, 0.1) is 12.6 Å². The number of oxime groups is 1. The molecule has 128 valence electrons. The van der Waals surface area contributed by atoms with Gasteiger partial charge >= 0.3 is 0 Å². The number of ether oxygens (including phenoxy) is 1. The van der Waals surface area contributed by atoms with Gasteiger partial charge in [-0.2, -0.15) is 0 Å². The molecule has 1 N–H and O–H groups in total. The fourth-order valence-electron chi connectivity index (χ4n) is 3.45. The molecule has 3 aliphatic heterocycles. The van der Waals surface area contributed by atoms with E-state index in [-0.39, 0.29) is 12.0 Å². The molecule has 8 nitrogen and oxygen atoms in total. The third-order valence-corrected chi connectivity index (χ3v) is 4.77. The first-order chi connectivity index (χ1) is 11.7. The maximum absolute atomic E-state index is 12.3. The Balaban J connectivity index is 1.31. The quantitative estimate of drug-likeness (QED) is 0.864.